The molecule has 4 N–H and O–H groups in total. The quantitative estimate of drug-likeness (QED) is 0.571. The van der Waals surface area contributed by atoms with Gasteiger partial charge < -0.3 is 15.9 Å². The molecule has 0 spiro atoms. The van der Waals surface area contributed by atoms with Crippen LogP contribution in [-0.2, 0) is 9.59 Å². The molecular weight excluding hydrogens is 174 g/mol. The predicted octanol–water partition coefficient (Wildman–Crippen LogP) is 0.145. The Morgan fingerprint density at radius 1 is 1.23 bits per heavy atom. The highest BCUT2D eigenvalue weighted by molar-refractivity contribution is 5.75. The Morgan fingerprint density at radius 3 is 1.92 bits per heavy atom. The van der Waals surface area contributed by atoms with Gasteiger partial charge >= 0.3 is 11.9 Å². The van der Waals surface area contributed by atoms with E-state index in [2.05, 4.69) is 0 Å². The number of carboxylic acids is 2. The standard InChI is InChI=1S/C8H15NO4/c1-4(2)5(7(10)11)3-6(9)8(12)13/h4-6H,3,9H2,1-2H3,(H,10,11)(H,12,13)/t5-,6+/m1/s1. The molecule has 0 radical (unpaired) electrons. The lowest BCUT2D eigenvalue weighted by Crippen LogP contribution is -2.36. The monoisotopic (exact) mass is 189 g/mol. The molecule has 2 atom stereocenters. The van der Waals surface area contributed by atoms with Crippen LogP contribution in [0.15, 0.2) is 0 Å². The Bertz CT molecular complexity index is 202. The van der Waals surface area contributed by atoms with Crippen LogP contribution in [0.5, 0.6) is 0 Å². The largest absolute Gasteiger partial charge is 0.481 e. The van der Waals surface area contributed by atoms with Crippen LogP contribution in [0, 0.1) is 11.8 Å². The molecule has 76 valence electrons. The Kier molecular flexibility index (Phi) is 4.40. The third kappa shape index (κ3) is 3.89. The van der Waals surface area contributed by atoms with E-state index in [1.165, 1.54) is 0 Å². The Labute approximate surface area is 76.5 Å². The molecule has 0 bridgehead atoms. The number of carboxylic acid groups (broad SMARTS) is 2. The van der Waals surface area contributed by atoms with E-state index in [0.717, 1.165) is 0 Å². The second-order valence-electron chi connectivity index (χ2n) is 3.37. The lowest BCUT2D eigenvalue weighted by molar-refractivity contribution is -0.145. The van der Waals surface area contributed by atoms with Crippen LogP contribution < -0.4 is 5.73 Å². The van der Waals surface area contributed by atoms with E-state index in [0.29, 0.717) is 0 Å². The Morgan fingerprint density at radius 2 is 1.69 bits per heavy atom. The summed E-state index contributed by atoms with van der Waals surface area (Å²) in [7, 11) is 0. The molecule has 0 heterocycles. The summed E-state index contributed by atoms with van der Waals surface area (Å²) in [5.74, 6) is -2.95. The molecule has 5 nitrogen and oxygen atoms in total. The van der Waals surface area contributed by atoms with E-state index in [-0.39, 0.29) is 12.3 Å². The zero-order valence-corrected chi connectivity index (χ0v) is 7.73. The molecule has 0 unspecified atom stereocenters. The van der Waals surface area contributed by atoms with Gasteiger partial charge in [-0.15, -0.1) is 0 Å². The van der Waals surface area contributed by atoms with Crippen molar-refractivity contribution in [3.63, 3.8) is 0 Å². The summed E-state index contributed by atoms with van der Waals surface area (Å²) in [6.07, 6.45) is -0.0255. The SMILES string of the molecule is CC(C)[C@@H](C[C@H](N)C(=O)O)C(=O)O. The first kappa shape index (κ1) is 11.9. The number of hydrogen-bond donors (Lipinski definition) is 3. The molecule has 5 heteroatoms. The van der Waals surface area contributed by atoms with Gasteiger partial charge in [0.05, 0.1) is 5.92 Å². The number of aliphatic carboxylic acids is 2. The molecule has 0 aromatic rings. The zero-order valence-electron chi connectivity index (χ0n) is 7.73. The van der Waals surface area contributed by atoms with Crippen LogP contribution in [-0.4, -0.2) is 28.2 Å². The number of rotatable bonds is 5. The minimum Gasteiger partial charge on any atom is -0.481 e. The van der Waals surface area contributed by atoms with Crippen molar-refractivity contribution in [3.05, 3.63) is 0 Å². The van der Waals surface area contributed by atoms with Gasteiger partial charge in [0.1, 0.15) is 6.04 Å². The van der Waals surface area contributed by atoms with Gasteiger partial charge in [0, 0.05) is 0 Å². The van der Waals surface area contributed by atoms with E-state index >= 15 is 0 Å². The highest BCUT2D eigenvalue weighted by Crippen LogP contribution is 2.16. The van der Waals surface area contributed by atoms with Gasteiger partial charge in [-0.2, -0.15) is 0 Å². The number of hydrogen-bond acceptors (Lipinski definition) is 3. The maximum atomic E-state index is 10.7. The van der Waals surface area contributed by atoms with E-state index in [1.807, 2.05) is 0 Å². The van der Waals surface area contributed by atoms with Crippen molar-refractivity contribution >= 4 is 11.9 Å². The summed E-state index contributed by atoms with van der Waals surface area (Å²) in [6, 6.07) is -1.09. The maximum absolute atomic E-state index is 10.7. The lowest BCUT2D eigenvalue weighted by atomic mass is 9.90. The lowest BCUT2D eigenvalue weighted by Gasteiger charge is -2.17. The fourth-order valence-electron chi connectivity index (χ4n) is 1.03. The van der Waals surface area contributed by atoms with E-state index in [4.69, 9.17) is 15.9 Å². The van der Waals surface area contributed by atoms with Crippen molar-refractivity contribution in [2.24, 2.45) is 17.6 Å². The second kappa shape index (κ2) is 4.81. The first-order valence-electron chi connectivity index (χ1n) is 4.07. The van der Waals surface area contributed by atoms with E-state index in [1.54, 1.807) is 13.8 Å². The van der Waals surface area contributed by atoms with Crippen LogP contribution in [0.3, 0.4) is 0 Å². The van der Waals surface area contributed by atoms with Crippen molar-refractivity contribution in [3.8, 4) is 0 Å². The minimum atomic E-state index is -1.16. The number of nitrogens with two attached hydrogens (primary N) is 1. The Hall–Kier alpha value is -1.10. The summed E-state index contributed by atoms with van der Waals surface area (Å²) >= 11 is 0. The first-order chi connectivity index (χ1) is 5.86. The molecule has 0 aliphatic carbocycles. The summed E-state index contributed by atoms with van der Waals surface area (Å²) in [5, 5.41) is 17.2. The van der Waals surface area contributed by atoms with Gasteiger partial charge in [-0.1, -0.05) is 13.8 Å². The molecule has 0 aromatic heterocycles. The van der Waals surface area contributed by atoms with Crippen molar-refractivity contribution in [1.29, 1.82) is 0 Å². The normalized spacial score (nSPS) is 15.4. The number of carbonyl (C=O) groups is 2. The third-order valence-corrected chi connectivity index (χ3v) is 1.95. The van der Waals surface area contributed by atoms with Gasteiger partial charge in [0.2, 0.25) is 0 Å². The van der Waals surface area contributed by atoms with Gasteiger partial charge in [0.25, 0.3) is 0 Å². The molecule has 13 heavy (non-hydrogen) atoms. The topological polar surface area (TPSA) is 101 Å². The van der Waals surface area contributed by atoms with Crippen molar-refractivity contribution in [2.45, 2.75) is 26.3 Å². The molecular formula is C8H15NO4. The van der Waals surface area contributed by atoms with Gasteiger partial charge in [-0.3, -0.25) is 9.59 Å². The zero-order chi connectivity index (χ0) is 10.6. The van der Waals surface area contributed by atoms with Crippen molar-refractivity contribution in [2.75, 3.05) is 0 Å². The summed E-state index contributed by atoms with van der Waals surface area (Å²) in [6.45, 7) is 3.46. The third-order valence-electron chi connectivity index (χ3n) is 1.95. The first-order valence-corrected chi connectivity index (χ1v) is 4.07. The van der Waals surface area contributed by atoms with Crippen LogP contribution in [0.25, 0.3) is 0 Å². The molecule has 0 amide bonds. The fourth-order valence-corrected chi connectivity index (χ4v) is 1.03. The van der Waals surface area contributed by atoms with Crippen molar-refractivity contribution < 1.29 is 19.8 Å². The summed E-state index contributed by atoms with van der Waals surface area (Å²) in [4.78, 5) is 21.0. The second-order valence-corrected chi connectivity index (χ2v) is 3.37. The van der Waals surface area contributed by atoms with Crippen LogP contribution >= 0.6 is 0 Å². The average molecular weight is 189 g/mol. The Balaban J connectivity index is 4.27. The maximum Gasteiger partial charge on any atom is 0.320 e. The highest BCUT2D eigenvalue weighted by Gasteiger charge is 2.26. The molecule has 0 fully saturated rings. The van der Waals surface area contributed by atoms with Gasteiger partial charge in [0.15, 0.2) is 0 Å². The molecule has 0 aliphatic rings. The van der Waals surface area contributed by atoms with Gasteiger partial charge in [-0.25, -0.2) is 0 Å². The van der Waals surface area contributed by atoms with Gasteiger partial charge in [-0.05, 0) is 12.3 Å². The smallest absolute Gasteiger partial charge is 0.320 e. The molecule has 0 rings (SSSR count). The molecule has 0 aromatic carbocycles. The molecule has 0 aliphatic heterocycles. The minimum absolute atomic E-state index is 0.0255. The average Bonchev–Trinajstić information content (AvgIpc) is 1.97. The fraction of sp³-hybridized carbons (Fsp3) is 0.750. The van der Waals surface area contributed by atoms with Crippen molar-refractivity contribution in [1.82, 2.24) is 0 Å². The van der Waals surface area contributed by atoms with Crippen LogP contribution in [0.2, 0.25) is 0 Å². The highest BCUT2D eigenvalue weighted by atomic mass is 16.4. The predicted molar refractivity (Wildman–Crippen MR) is 46.2 cm³/mol. The van der Waals surface area contributed by atoms with E-state index < -0.39 is 23.9 Å². The van der Waals surface area contributed by atoms with E-state index in [9.17, 15) is 9.59 Å². The molecule has 0 saturated carbocycles. The summed E-state index contributed by atoms with van der Waals surface area (Å²) in [5.41, 5.74) is 5.23. The van der Waals surface area contributed by atoms with Crippen LogP contribution in [0.4, 0.5) is 0 Å². The molecule has 0 saturated heterocycles. The van der Waals surface area contributed by atoms with Crippen LogP contribution in [0.1, 0.15) is 20.3 Å². The summed E-state index contributed by atoms with van der Waals surface area (Å²) < 4.78 is 0.